The van der Waals surface area contributed by atoms with E-state index in [0.717, 1.165) is 6.08 Å². The number of hydrogen-bond acceptors (Lipinski definition) is 3. The second-order valence-corrected chi connectivity index (χ2v) is 2.26. The fourth-order valence-corrected chi connectivity index (χ4v) is 0.969. The van der Waals surface area contributed by atoms with Crippen LogP contribution in [0.2, 0.25) is 0 Å². The molecule has 0 aliphatic heterocycles. The van der Waals surface area contributed by atoms with Gasteiger partial charge in [0, 0.05) is 11.5 Å². The van der Waals surface area contributed by atoms with E-state index < -0.39 is 5.97 Å². The normalized spacial score (nSPS) is 10.4. The van der Waals surface area contributed by atoms with E-state index in [-0.39, 0.29) is 0 Å². The maximum atomic E-state index is 9.98. The van der Waals surface area contributed by atoms with Crippen LogP contribution in [0.15, 0.2) is 17.5 Å². The minimum atomic E-state index is -0.951. The van der Waals surface area contributed by atoms with Gasteiger partial charge < -0.3 is 5.11 Å². The molecule has 3 nitrogen and oxygen atoms in total. The number of carbonyl (C=O) groups is 1. The molecule has 0 fully saturated rings. The van der Waals surface area contributed by atoms with Gasteiger partial charge in [0.25, 0.3) is 0 Å². The van der Waals surface area contributed by atoms with Crippen LogP contribution in [0.25, 0.3) is 6.08 Å². The van der Waals surface area contributed by atoms with Crippen LogP contribution in [0.5, 0.6) is 0 Å². The zero-order chi connectivity index (χ0) is 7.40. The predicted molar refractivity (Wildman–Crippen MR) is 38.8 cm³/mol. The minimum absolute atomic E-state index is 0.687. The van der Waals surface area contributed by atoms with Crippen molar-refractivity contribution in [2.75, 3.05) is 0 Å². The fraction of sp³-hybridized carbons (Fsp3) is 0. The van der Waals surface area contributed by atoms with Crippen molar-refractivity contribution in [2.45, 2.75) is 0 Å². The maximum absolute atomic E-state index is 9.98. The van der Waals surface area contributed by atoms with Crippen molar-refractivity contribution in [3.05, 3.63) is 23.2 Å². The van der Waals surface area contributed by atoms with Gasteiger partial charge in [-0.1, -0.05) is 0 Å². The molecule has 0 aliphatic carbocycles. The third-order valence-corrected chi connectivity index (χ3v) is 1.43. The summed E-state index contributed by atoms with van der Waals surface area (Å²) in [7, 11) is 0. The van der Waals surface area contributed by atoms with Crippen molar-refractivity contribution in [1.82, 2.24) is 4.37 Å². The van der Waals surface area contributed by atoms with Crippen molar-refractivity contribution >= 4 is 23.6 Å². The Kier molecular flexibility index (Phi) is 2.17. The number of aliphatic carboxylic acids is 1. The Morgan fingerprint density at radius 2 is 2.60 bits per heavy atom. The largest absolute Gasteiger partial charge is 0.478 e. The number of carboxylic acids is 1. The van der Waals surface area contributed by atoms with E-state index in [1.54, 1.807) is 11.4 Å². The Morgan fingerprint density at radius 3 is 3.10 bits per heavy atom. The molecule has 0 spiro atoms. The first kappa shape index (κ1) is 6.95. The summed E-state index contributed by atoms with van der Waals surface area (Å²) in [5.74, 6) is -0.951. The second kappa shape index (κ2) is 3.12. The molecule has 1 N–H and O–H groups in total. The molecule has 0 aliphatic rings. The van der Waals surface area contributed by atoms with Gasteiger partial charge in [-0.05, 0) is 23.7 Å². The summed E-state index contributed by atoms with van der Waals surface area (Å²) in [6.07, 6.45) is 2.52. The first-order chi connectivity index (χ1) is 4.79. The molecule has 1 heterocycles. The number of nitrogens with zero attached hydrogens (tertiary/aromatic N) is 1. The number of aromatic nitrogens is 1. The van der Waals surface area contributed by atoms with Crippen LogP contribution in [0.4, 0.5) is 0 Å². The molecule has 4 heteroatoms. The van der Waals surface area contributed by atoms with Crippen LogP contribution < -0.4 is 0 Å². The molecule has 0 aromatic carbocycles. The van der Waals surface area contributed by atoms with Gasteiger partial charge >= 0.3 is 5.97 Å². The van der Waals surface area contributed by atoms with Gasteiger partial charge in [0.05, 0.1) is 5.69 Å². The van der Waals surface area contributed by atoms with Crippen LogP contribution in [-0.2, 0) is 4.79 Å². The summed E-state index contributed by atoms with van der Waals surface area (Å²) in [6.45, 7) is 0. The molecular formula is C6H5NO2S. The molecule has 0 unspecified atom stereocenters. The summed E-state index contributed by atoms with van der Waals surface area (Å²) in [4.78, 5) is 9.98. The van der Waals surface area contributed by atoms with E-state index in [9.17, 15) is 4.79 Å². The van der Waals surface area contributed by atoms with Crippen molar-refractivity contribution in [2.24, 2.45) is 0 Å². The molecule has 0 bridgehead atoms. The topological polar surface area (TPSA) is 50.2 Å². The van der Waals surface area contributed by atoms with Gasteiger partial charge in [-0.15, -0.1) is 0 Å². The summed E-state index contributed by atoms with van der Waals surface area (Å²) in [5.41, 5.74) is 0.687. The quantitative estimate of drug-likeness (QED) is 0.654. The highest BCUT2D eigenvalue weighted by Gasteiger charge is 1.88. The number of carboxylic acid groups (broad SMARTS) is 1. The molecule has 0 amide bonds. The lowest BCUT2D eigenvalue weighted by atomic mass is 10.4. The molecule has 0 atom stereocenters. The van der Waals surface area contributed by atoms with Crippen molar-refractivity contribution in [3.63, 3.8) is 0 Å². The molecule has 10 heavy (non-hydrogen) atoms. The van der Waals surface area contributed by atoms with E-state index in [4.69, 9.17) is 5.11 Å². The third kappa shape index (κ3) is 1.99. The smallest absolute Gasteiger partial charge is 0.328 e. The van der Waals surface area contributed by atoms with Crippen LogP contribution in [0, 0.1) is 0 Å². The zero-order valence-corrected chi connectivity index (χ0v) is 5.84. The van der Waals surface area contributed by atoms with Gasteiger partial charge in [0.15, 0.2) is 0 Å². The summed E-state index contributed by atoms with van der Waals surface area (Å²) < 4.78 is 3.88. The number of hydrogen-bond donors (Lipinski definition) is 1. The summed E-state index contributed by atoms with van der Waals surface area (Å²) in [5, 5.41) is 9.99. The maximum Gasteiger partial charge on any atom is 0.328 e. The molecule has 1 aromatic rings. The first-order valence-electron chi connectivity index (χ1n) is 2.60. The molecular weight excluding hydrogens is 150 g/mol. The number of rotatable bonds is 2. The highest BCUT2D eigenvalue weighted by Crippen LogP contribution is 2.00. The van der Waals surface area contributed by atoms with E-state index in [2.05, 4.69) is 4.37 Å². The van der Waals surface area contributed by atoms with E-state index in [1.165, 1.54) is 17.6 Å². The Balaban J connectivity index is 2.64. The van der Waals surface area contributed by atoms with E-state index in [0.29, 0.717) is 5.69 Å². The molecule has 52 valence electrons. The minimum Gasteiger partial charge on any atom is -0.478 e. The predicted octanol–water partition coefficient (Wildman–Crippen LogP) is 1.24. The lowest BCUT2D eigenvalue weighted by molar-refractivity contribution is -0.131. The zero-order valence-electron chi connectivity index (χ0n) is 5.02. The van der Waals surface area contributed by atoms with Gasteiger partial charge in [-0.25, -0.2) is 4.79 Å². The fourth-order valence-electron chi connectivity index (χ4n) is 0.465. The molecule has 0 radical (unpaired) electrons. The Morgan fingerprint density at radius 1 is 1.80 bits per heavy atom. The molecule has 1 aromatic heterocycles. The average molecular weight is 155 g/mol. The Labute approximate surface area is 61.8 Å². The van der Waals surface area contributed by atoms with Crippen LogP contribution in [0.3, 0.4) is 0 Å². The molecule has 1 rings (SSSR count). The van der Waals surface area contributed by atoms with E-state index in [1.807, 2.05) is 0 Å². The van der Waals surface area contributed by atoms with E-state index >= 15 is 0 Å². The lowest BCUT2D eigenvalue weighted by Gasteiger charge is -1.77. The second-order valence-electron chi connectivity index (χ2n) is 1.60. The monoisotopic (exact) mass is 155 g/mol. The van der Waals surface area contributed by atoms with Gasteiger partial charge in [-0.3, -0.25) is 0 Å². The van der Waals surface area contributed by atoms with Gasteiger partial charge in [0.1, 0.15) is 0 Å². The SMILES string of the molecule is O=C(O)/C=C/c1ccsn1. The third-order valence-electron chi connectivity index (χ3n) is 0.854. The Hall–Kier alpha value is -1.16. The van der Waals surface area contributed by atoms with Crippen molar-refractivity contribution in [1.29, 1.82) is 0 Å². The standard InChI is InChI=1S/C6H5NO2S/c8-6(9)2-1-5-3-4-10-7-5/h1-4H,(H,8,9)/b2-1+. The Bertz CT molecular complexity index is 240. The van der Waals surface area contributed by atoms with Crippen molar-refractivity contribution < 1.29 is 9.90 Å². The summed E-state index contributed by atoms with van der Waals surface area (Å²) >= 11 is 1.30. The van der Waals surface area contributed by atoms with Crippen LogP contribution in [0.1, 0.15) is 5.69 Å². The first-order valence-corrected chi connectivity index (χ1v) is 3.44. The van der Waals surface area contributed by atoms with Crippen LogP contribution >= 0.6 is 11.5 Å². The van der Waals surface area contributed by atoms with Gasteiger partial charge in [-0.2, -0.15) is 4.37 Å². The lowest BCUT2D eigenvalue weighted by Crippen LogP contribution is -1.85. The van der Waals surface area contributed by atoms with Crippen molar-refractivity contribution in [3.8, 4) is 0 Å². The molecule has 0 saturated heterocycles. The average Bonchev–Trinajstić information content (AvgIpc) is 2.34. The van der Waals surface area contributed by atoms with Gasteiger partial charge in [0.2, 0.25) is 0 Å². The molecule has 0 saturated carbocycles. The summed E-state index contributed by atoms with van der Waals surface area (Å²) in [6, 6.07) is 1.75. The van der Waals surface area contributed by atoms with Crippen LogP contribution in [-0.4, -0.2) is 15.4 Å². The highest BCUT2D eigenvalue weighted by atomic mass is 32.1. The highest BCUT2D eigenvalue weighted by molar-refractivity contribution is 7.03.